The van der Waals surface area contributed by atoms with Crippen LogP contribution in [0.25, 0.3) is 0 Å². The monoisotopic (exact) mass is 296 g/mol. The van der Waals surface area contributed by atoms with Gasteiger partial charge in [0.05, 0.1) is 0 Å². The van der Waals surface area contributed by atoms with Gasteiger partial charge >= 0.3 is 6.09 Å². The molecule has 1 heterocycles. The van der Waals surface area contributed by atoms with E-state index in [9.17, 15) is 4.79 Å². The minimum absolute atomic E-state index is 0.173. The molecule has 2 rings (SSSR count). The molecule has 0 spiro atoms. The van der Waals surface area contributed by atoms with Crippen LogP contribution >= 0.6 is 0 Å². The topological polar surface area (TPSA) is 41.6 Å². The second kappa shape index (κ2) is 5.15. The molecule has 122 valence electrons. The summed E-state index contributed by atoms with van der Waals surface area (Å²) in [6.45, 7) is 16.7. The van der Waals surface area contributed by atoms with E-state index in [1.807, 2.05) is 25.7 Å². The maximum Gasteiger partial charge on any atom is 0.410 e. The van der Waals surface area contributed by atoms with Gasteiger partial charge in [-0.25, -0.2) is 4.79 Å². The first-order valence-corrected chi connectivity index (χ1v) is 8.19. The van der Waals surface area contributed by atoms with Gasteiger partial charge in [-0.2, -0.15) is 0 Å². The largest absolute Gasteiger partial charge is 0.444 e. The SMILES string of the molecule is CC(C)(C)OC(=O)N1CCC(NC2C(C)(C)C2(C)C)CC1. The van der Waals surface area contributed by atoms with Crippen molar-refractivity contribution in [3.8, 4) is 0 Å². The first-order valence-electron chi connectivity index (χ1n) is 8.19. The molecule has 0 atom stereocenters. The number of piperidine rings is 1. The smallest absolute Gasteiger partial charge is 0.410 e. The summed E-state index contributed by atoms with van der Waals surface area (Å²) in [6, 6.07) is 1.11. The van der Waals surface area contributed by atoms with E-state index in [-0.39, 0.29) is 6.09 Å². The van der Waals surface area contributed by atoms with Gasteiger partial charge in [0.25, 0.3) is 0 Å². The van der Waals surface area contributed by atoms with Gasteiger partial charge in [-0.3, -0.25) is 0 Å². The van der Waals surface area contributed by atoms with Gasteiger partial charge in [0, 0.05) is 25.2 Å². The van der Waals surface area contributed by atoms with Crippen LogP contribution in [0.15, 0.2) is 0 Å². The summed E-state index contributed by atoms with van der Waals surface area (Å²) >= 11 is 0. The van der Waals surface area contributed by atoms with Gasteiger partial charge in [0.15, 0.2) is 0 Å². The van der Waals surface area contributed by atoms with Gasteiger partial charge in [-0.05, 0) is 44.4 Å². The van der Waals surface area contributed by atoms with Crippen LogP contribution in [0.4, 0.5) is 4.79 Å². The Morgan fingerprint density at radius 3 is 1.95 bits per heavy atom. The van der Waals surface area contributed by atoms with Gasteiger partial charge in [0.1, 0.15) is 5.60 Å². The fourth-order valence-electron chi connectivity index (χ4n) is 3.40. The van der Waals surface area contributed by atoms with Crippen molar-refractivity contribution in [2.75, 3.05) is 13.1 Å². The zero-order valence-corrected chi connectivity index (χ0v) is 14.7. The van der Waals surface area contributed by atoms with Gasteiger partial charge in [-0.1, -0.05) is 27.7 Å². The lowest BCUT2D eigenvalue weighted by Crippen LogP contribution is -2.47. The maximum atomic E-state index is 12.0. The normalized spacial score (nSPS) is 25.8. The van der Waals surface area contributed by atoms with E-state index in [0.29, 0.717) is 22.9 Å². The quantitative estimate of drug-likeness (QED) is 0.849. The summed E-state index contributed by atoms with van der Waals surface area (Å²) in [5, 5.41) is 3.80. The van der Waals surface area contributed by atoms with Crippen LogP contribution in [0, 0.1) is 10.8 Å². The Balaban J connectivity index is 1.78. The number of carbonyl (C=O) groups is 1. The molecule has 4 heteroatoms. The van der Waals surface area contributed by atoms with Crippen LogP contribution in [-0.4, -0.2) is 41.8 Å². The number of likely N-dealkylation sites (tertiary alicyclic amines) is 1. The van der Waals surface area contributed by atoms with Gasteiger partial charge in [-0.15, -0.1) is 0 Å². The van der Waals surface area contributed by atoms with E-state index in [1.54, 1.807) is 0 Å². The zero-order chi connectivity index (χ0) is 16.1. The average Bonchev–Trinajstić information content (AvgIpc) is 2.70. The molecule has 0 aromatic rings. The minimum Gasteiger partial charge on any atom is -0.444 e. The summed E-state index contributed by atoms with van der Waals surface area (Å²) in [5.41, 5.74) is 0.332. The van der Waals surface area contributed by atoms with Crippen molar-refractivity contribution < 1.29 is 9.53 Å². The van der Waals surface area contributed by atoms with Crippen molar-refractivity contribution in [1.82, 2.24) is 10.2 Å². The fraction of sp³-hybridized carbons (Fsp3) is 0.941. The highest BCUT2D eigenvalue weighted by molar-refractivity contribution is 5.68. The molecule has 1 aliphatic carbocycles. The second-order valence-corrected chi connectivity index (χ2v) is 8.78. The molecule has 1 saturated carbocycles. The Morgan fingerprint density at radius 2 is 1.57 bits per heavy atom. The van der Waals surface area contributed by atoms with Gasteiger partial charge in [0.2, 0.25) is 0 Å². The van der Waals surface area contributed by atoms with Crippen molar-refractivity contribution in [2.45, 2.75) is 79.0 Å². The summed E-state index contributed by atoms with van der Waals surface area (Å²) in [4.78, 5) is 13.9. The van der Waals surface area contributed by atoms with Crippen molar-refractivity contribution >= 4 is 6.09 Å². The Morgan fingerprint density at radius 1 is 1.10 bits per heavy atom. The molecule has 1 aliphatic heterocycles. The fourth-order valence-corrected chi connectivity index (χ4v) is 3.40. The summed E-state index contributed by atoms with van der Waals surface area (Å²) < 4.78 is 5.44. The Kier molecular flexibility index (Phi) is 4.07. The molecule has 1 N–H and O–H groups in total. The number of nitrogens with one attached hydrogen (secondary N) is 1. The third kappa shape index (κ3) is 3.36. The third-order valence-corrected chi connectivity index (χ3v) is 5.57. The molecule has 2 aliphatic rings. The number of carbonyl (C=O) groups excluding carboxylic acids is 1. The van der Waals surface area contributed by atoms with E-state index >= 15 is 0 Å². The number of rotatable bonds is 2. The van der Waals surface area contributed by atoms with Crippen LogP contribution in [0.3, 0.4) is 0 Å². The van der Waals surface area contributed by atoms with E-state index in [1.165, 1.54) is 0 Å². The molecule has 0 aromatic heterocycles. The minimum atomic E-state index is -0.408. The molecule has 1 amide bonds. The molecule has 0 unspecified atom stereocenters. The van der Waals surface area contributed by atoms with Crippen molar-refractivity contribution in [3.63, 3.8) is 0 Å². The van der Waals surface area contributed by atoms with E-state index < -0.39 is 5.60 Å². The first-order chi connectivity index (χ1) is 9.45. The van der Waals surface area contributed by atoms with Crippen LogP contribution in [0.5, 0.6) is 0 Å². The number of amides is 1. The number of hydrogen-bond acceptors (Lipinski definition) is 3. The molecule has 0 aromatic carbocycles. The number of nitrogens with zero attached hydrogens (tertiary/aromatic N) is 1. The third-order valence-electron chi connectivity index (χ3n) is 5.57. The molecule has 0 bridgehead atoms. The van der Waals surface area contributed by atoms with Crippen molar-refractivity contribution in [2.24, 2.45) is 10.8 Å². The highest BCUT2D eigenvalue weighted by atomic mass is 16.6. The molecule has 0 radical (unpaired) electrons. The predicted octanol–water partition coefficient (Wildman–Crippen LogP) is 3.41. The maximum absolute atomic E-state index is 12.0. The van der Waals surface area contributed by atoms with E-state index in [2.05, 4.69) is 33.0 Å². The van der Waals surface area contributed by atoms with Gasteiger partial charge < -0.3 is 15.0 Å². The predicted molar refractivity (Wildman–Crippen MR) is 85.3 cm³/mol. The Hall–Kier alpha value is -0.770. The molecule has 2 fully saturated rings. The lowest BCUT2D eigenvalue weighted by Gasteiger charge is -2.34. The van der Waals surface area contributed by atoms with Crippen molar-refractivity contribution in [1.29, 1.82) is 0 Å². The van der Waals surface area contributed by atoms with E-state index in [0.717, 1.165) is 25.9 Å². The molecule has 1 saturated heterocycles. The summed E-state index contributed by atoms with van der Waals surface area (Å²) in [6.07, 6.45) is 1.86. The highest BCUT2D eigenvalue weighted by Gasteiger charge is 2.64. The Labute approximate surface area is 129 Å². The molecular weight excluding hydrogens is 264 g/mol. The highest BCUT2D eigenvalue weighted by Crippen LogP contribution is 2.62. The second-order valence-electron chi connectivity index (χ2n) is 8.78. The molecule has 21 heavy (non-hydrogen) atoms. The lowest BCUT2D eigenvalue weighted by molar-refractivity contribution is 0.0197. The average molecular weight is 296 g/mol. The lowest BCUT2D eigenvalue weighted by atomic mass is 10.0. The number of hydrogen-bond donors (Lipinski definition) is 1. The number of ether oxygens (including phenoxy) is 1. The standard InChI is InChI=1S/C17H32N2O2/c1-15(2,3)21-14(20)19-10-8-12(9-11-19)18-13-16(4,5)17(13,6)7/h12-13,18H,8-11H2,1-7H3. The summed E-state index contributed by atoms with van der Waals surface area (Å²) in [5.74, 6) is 0. The Bertz CT molecular complexity index is 388. The molecule has 4 nitrogen and oxygen atoms in total. The van der Waals surface area contributed by atoms with Crippen LogP contribution in [0.2, 0.25) is 0 Å². The molecular formula is C17H32N2O2. The summed E-state index contributed by atoms with van der Waals surface area (Å²) in [7, 11) is 0. The van der Waals surface area contributed by atoms with Crippen LogP contribution in [0.1, 0.15) is 61.3 Å². The van der Waals surface area contributed by atoms with Crippen LogP contribution in [-0.2, 0) is 4.74 Å². The van der Waals surface area contributed by atoms with E-state index in [4.69, 9.17) is 4.74 Å². The zero-order valence-electron chi connectivity index (χ0n) is 14.7. The first kappa shape index (κ1) is 16.6. The van der Waals surface area contributed by atoms with Crippen molar-refractivity contribution in [3.05, 3.63) is 0 Å². The van der Waals surface area contributed by atoms with Crippen LogP contribution < -0.4 is 5.32 Å².